The van der Waals surface area contributed by atoms with Gasteiger partial charge in [-0.15, -0.1) is 0 Å². The van der Waals surface area contributed by atoms with E-state index in [0.29, 0.717) is 13.0 Å². The molecular weight excluding hydrogens is 222 g/mol. The Morgan fingerprint density at radius 1 is 1.41 bits per heavy atom. The second-order valence-electron chi connectivity index (χ2n) is 3.43. The summed E-state index contributed by atoms with van der Waals surface area (Å²) in [6.07, 6.45) is 0.620. The van der Waals surface area contributed by atoms with Gasteiger partial charge in [0.05, 0.1) is 12.7 Å². The number of carbonyl (C=O) groups is 1. The van der Waals surface area contributed by atoms with Gasteiger partial charge in [-0.3, -0.25) is 0 Å². The van der Waals surface area contributed by atoms with Gasteiger partial charge in [-0.25, -0.2) is 4.79 Å². The monoisotopic (exact) mass is 241 g/mol. The SMILES string of the molecule is C=C(C#N)C(=O)OC(CC)OCC(CC)OC. The van der Waals surface area contributed by atoms with Gasteiger partial charge in [-0.05, 0) is 6.42 Å². The van der Waals surface area contributed by atoms with E-state index in [0.717, 1.165) is 6.42 Å². The number of esters is 1. The van der Waals surface area contributed by atoms with Crippen molar-refractivity contribution >= 4 is 5.97 Å². The predicted octanol–water partition coefficient (Wildman–Crippen LogP) is 1.79. The molecule has 2 atom stereocenters. The third-order valence-electron chi connectivity index (χ3n) is 2.21. The summed E-state index contributed by atoms with van der Waals surface area (Å²) in [6.45, 7) is 7.41. The highest BCUT2D eigenvalue weighted by molar-refractivity contribution is 5.91. The van der Waals surface area contributed by atoms with Gasteiger partial charge >= 0.3 is 5.97 Å². The number of methoxy groups -OCH3 is 1. The van der Waals surface area contributed by atoms with Crippen LogP contribution < -0.4 is 0 Å². The zero-order valence-corrected chi connectivity index (χ0v) is 10.6. The van der Waals surface area contributed by atoms with Crippen molar-refractivity contribution in [3.63, 3.8) is 0 Å². The molecule has 96 valence electrons. The minimum absolute atomic E-state index is 0.0260. The second kappa shape index (κ2) is 8.74. The number of nitriles is 1. The van der Waals surface area contributed by atoms with E-state index in [-0.39, 0.29) is 11.7 Å². The summed E-state index contributed by atoms with van der Waals surface area (Å²) in [7, 11) is 1.60. The smallest absolute Gasteiger partial charge is 0.350 e. The van der Waals surface area contributed by atoms with Gasteiger partial charge in [0.15, 0.2) is 0 Å². The Balaban J connectivity index is 4.13. The maximum atomic E-state index is 11.3. The average molecular weight is 241 g/mol. The molecule has 0 aliphatic carbocycles. The van der Waals surface area contributed by atoms with E-state index in [1.807, 2.05) is 13.8 Å². The van der Waals surface area contributed by atoms with Crippen LogP contribution in [0.15, 0.2) is 12.2 Å². The Morgan fingerprint density at radius 2 is 2.06 bits per heavy atom. The first-order valence-corrected chi connectivity index (χ1v) is 5.53. The van der Waals surface area contributed by atoms with Crippen molar-refractivity contribution in [1.82, 2.24) is 0 Å². The maximum Gasteiger partial charge on any atom is 0.350 e. The van der Waals surface area contributed by atoms with Crippen LogP contribution in [-0.4, -0.2) is 32.1 Å². The van der Waals surface area contributed by atoms with Crippen molar-refractivity contribution in [2.75, 3.05) is 13.7 Å². The van der Waals surface area contributed by atoms with E-state index in [2.05, 4.69) is 6.58 Å². The zero-order chi connectivity index (χ0) is 13.3. The Labute approximate surface area is 102 Å². The highest BCUT2D eigenvalue weighted by Gasteiger charge is 2.17. The fourth-order valence-electron chi connectivity index (χ4n) is 1.04. The fourth-order valence-corrected chi connectivity index (χ4v) is 1.04. The molecule has 0 N–H and O–H groups in total. The summed E-state index contributed by atoms with van der Waals surface area (Å²) in [4.78, 5) is 11.3. The van der Waals surface area contributed by atoms with Crippen LogP contribution in [-0.2, 0) is 19.0 Å². The van der Waals surface area contributed by atoms with E-state index in [1.54, 1.807) is 13.2 Å². The van der Waals surface area contributed by atoms with Crippen LogP contribution >= 0.6 is 0 Å². The van der Waals surface area contributed by atoms with Crippen LogP contribution in [0.1, 0.15) is 26.7 Å². The number of hydrogen-bond donors (Lipinski definition) is 0. The molecule has 0 aliphatic heterocycles. The van der Waals surface area contributed by atoms with Crippen molar-refractivity contribution in [3.05, 3.63) is 12.2 Å². The Kier molecular flexibility index (Phi) is 8.03. The highest BCUT2D eigenvalue weighted by atomic mass is 16.7. The molecule has 0 saturated heterocycles. The summed E-state index contributed by atoms with van der Waals surface area (Å²) < 4.78 is 15.5. The Hall–Kier alpha value is -1.38. The average Bonchev–Trinajstić information content (AvgIpc) is 2.37. The third kappa shape index (κ3) is 6.05. The summed E-state index contributed by atoms with van der Waals surface area (Å²) in [5.74, 6) is -0.746. The van der Waals surface area contributed by atoms with Crippen LogP contribution in [0, 0.1) is 11.3 Å². The van der Waals surface area contributed by atoms with E-state index in [1.165, 1.54) is 0 Å². The number of rotatable bonds is 8. The predicted molar refractivity (Wildman–Crippen MR) is 62.0 cm³/mol. The zero-order valence-electron chi connectivity index (χ0n) is 10.6. The molecule has 17 heavy (non-hydrogen) atoms. The lowest BCUT2D eigenvalue weighted by Gasteiger charge is -2.19. The molecule has 5 heteroatoms. The molecule has 0 aromatic heterocycles. The number of hydrogen-bond acceptors (Lipinski definition) is 5. The first-order valence-electron chi connectivity index (χ1n) is 5.53. The molecule has 2 unspecified atom stereocenters. The minimum atomic E-state index is -0.746. The summed E-state index contributed by atoms with van der Waals surface area (Å²) in [6, 6.07) is 1.63. The van der Waals surface area contributed by atoms with E-state index < -0.39 is 12.3 Å². The first-order chi connectivity index (χ1) is 8.08. The van der Waals surface area contributed by atoms with Crippen LogP contribution in [0.3, 0.4) is 0 Å². The molecule has 0 rings (SSSR count). The highest BCUT2D eigenvalue weighted by Crippen LogP contribution is 2.07. The van der Waals surface area contributed by atoms with E-state index in [4.69, 9.17) is 19.5 Å². The van der Waals surface area contributed by atoms with Crippen molar-refractivity contribution in [2.24, 2.45) is 0 Å². The molecule has 5 nitrogen and oxygen atoms in total. The second-order valence-corrected chi connectivity index (χ2v) is 3.43. The standard InChI is InChI=1S/C12H19NO4/c1-5-10(15-4)8-16-11(6-2)17-12(14)9(3)7-13/h10-11H,3,5-6,8H2,1-2,4H3. The lowest BCUT2D eigenvalue weighted by Crippen LogP contribution is -2.26. The van der Waals surface area contributed by atoms with Crippen molar-refractivity contribution in [2.45, 2.75) is 39.1 Å². The molecule has 0 heterocycles. The molecule has 0 bridgehead atoms. The van der Waals surface area contributed by atoms with Gasteiger partial charge in [0.1, 0.15) is 11.6 Å². The van der Waals surface area contributed by atoms with Gasteiger partial charge < -0.3 is 14.2 Å². The summed E-state index contributed by atoms with van der Waals surface area (Å²) in [5.41, 5.74) is -0.231. The molecule has 0 fully saturated rings. The van der Waals surface area contributed by atoms with E-state index >= 15 is 0 Å². The molecule has 0 saturated carbocycles. The van der Waals surface area contributed by atoms with Crippen molar-refractivity contribution in [1.29, 1.82) is 5.26 Å². The summed E-state index contributed by atoms with van der Waals surface area (Å²) >= 11 is 0. The molecular formula is C12H19NO4. The van der Waals surface area contributed by atoms with Gasteiger partial charge in [-0.2, -0.15) is 5.26 Å². The first kappa shape index (κ1) is 15.6. The van der Waals surface area contributed by atoms with Gasteiger partial charge in [0, 0.05) is 13.5 Å². The molecule has 0 amide bonds. The third-order valence-corrected chi connectivity index (χ3v) is 2.21. The number of ether oxygens (including phenoxy) is 3. The summed E-state index contributed by atoms with van der Waals surface area (Å²) in [5, 5.41) is 8.47. The minimum Gasteiger partial charge on any atom is -0.432 e. The lowest BCUT2D eigenvalue weighted by molar-refractivity contribution is -0.180. The van der Waals surface area contributed by atoms with E-state index in [9.17, 15) is 4.79 Å². The van der Waals surface area contributed by atoms with Crippen molar-refractivity contribution in [3.8, 4) is 6.07 Å². The molecule has 0 radical (unpaired) electrons. The molecule has 0 spiro atoms. The quantitative estimate of drug-likeness (QED) is 0.280. The van der Waals surface area contributed by atoms with Crippen LogP contribution in [0.4, 0.5) is 0 Å². The fraction of sp³-hybridized carbons (Fsp3) is 0.667. The van der Waals surface area contributed by atoms with Crippen LogP contribution in [0.5, 0.6) is 0 Å². The topological polar surface area (TPSA) is 68.6 Å². The maximum absolute atomic E-state index is 11.3. The Bertz CT molecular complexity index is 291. The van der Waals surface area contributed by atoms with Gasteiger partial charge in [0.25, 0.3) is 0 Å². The van der Waals surface area contributed by atoms with Crippen LogP contribution in [0.25, 0.3) is 0 Å². The lowest BCUT2D eigenvalue weighted by atomic mass is 10.3. The number of nitrogens with zero attached hydrogens (tertiary/aromatic N) is 1. The van der Waals surface area contributed by atoms with Crippen LogP contribution in [0.2, 0.25) is 0 Å². The molecule has 0 aromatic carbocycles. The molecule has 0 aliphatic rings. The molecule has 0 aromatic rings. The normalized spacial score (nSPS) is 13.5. The van der Waals surface area contributed by atoms with Gasteiger partial charge in [0.2, 0.25) is 6.29 Å². The number of carbonyl (C=O) groups excluding carboxylic acids is 1. The largest absolute Gasteiger partial charge is 0.432 e. The van der Waals surface area contributed by atoms with Gasteiger partial charge in [-0.1, -0.05) is 20.4 Å². The van der Waals surface area contributed by atoms with Crippen molar-refractivity contribution < 1.29 is 19.0 Å². The Morgan fingerprint density at radius 3 is 2.47 bits per heavy atom.